The monoisotopic (exact) mass is 412 g/mol. The van der Waals surface area contributed by atoms with Crippen LogP contribution in [-0.4, -0.2) is 35.3 Å². The largest absolute Gasteiger partial charge is 0.383 e. The van der Waals surface area contributed by atoms with Gasteiger partial charge >= 0.3 is 11.8 Å². The van der Waals surface area contributed by atoms with Gasteiger partial charge in [-0.2, -0.15) is 5.10 Å². The third-order valence-corrected chi connectivity index (χ3v) is 4.00. The molecule has 0 bridgehead atoms. The van der Waals surface area contributed by atoms with E-state index in [1.165, 1.54) is 18.2 Å². The minimum absolute atomic E-state index is 0.0845. The molecule has 2 aromatic rings. The molecule has 25 heavy (non-hydrogen) atoms. The molecule has 2 amide bonds. The van der Waals surface area contributed by atoms with Crippen LogP contribution in [0.4, 0.5) is 15.8 Å². The molecule has 9 heteroatoms. The predicted molar refractivity (Wildman–Crippen MR) is 94.9 cm³/mol. The summed E-state index contributed by atoms with van der Waals surface area (Å²) in [6.07, 6.45) is 0. The van der Waals surface area contributed by atoms with E-state index in [1.807, 2.05) is 0 Å². The van der Waals surface area contributed by atoms with E-state index >= 15 is 0 Å². The highest BCUT2D eigenvalue weighted by Gasteiger charge is 2.20. The number of aryl methyl sites for hydroxylation is 1. The van der Waals surface area contributed by atoms with Gasteiger partial charge in [0.1, 0.15) is 5.82 Å². The average Bonchev–Trinajstić information content (AvgIpc) is 2.83. The molecule has 2 rings (SSSR count). The molecule has 7 nitrogen and oxygen atoms in total. The smallest absolute Gasteiger partial charge is 0.314 e. The number of halogens is 2. The fraction of sp³-hybridized carbons (Fsp3) is 0.312. The number of rotatable bonds is 5. The number of hydrogen-bond donors (Lipinski definition) is 2. The molecule has 0 spiro atoms. The molecular formula is C16H18BrFN4O3. The fourth-order valence-electron chi connectivity index (χ4n) is 2.22. The number of carbonyl (C=O) groups excluding carboxylic acids is 2. The van der Waals surface area contributed by atoms with Gasteiger partial charge in [-0.05, 0) is 32.0 Å². The summed E-state index contributed by atoms with van der Waals surface area (Å²) < 4.78 is 20.9. The van der Waals surface area contributed by atoms with E-state index < -0.39 is 17.6 Å². The highest BCUT2D eigenvalue weighted by atomic mass is 79.9. The van der Waals surface area contributed by atoms with E-state index in [0.29, 0.717) is 34.7 Å². The first-order valence-corrected chi connectivity index (χ1v) is 8.23. The Kier molecular flexibility index (Phi) is 6.27. The van der Waals surface area contributed by atoms with Crippen LogP contribution < -0.4 is 10.6 Å². The van der Waals surface area contributed by atoms with Crippen molar-refractivity contribution in [2.45, 2.75) is 20.4 Å². The maximum Gasteiger partial charge on any atom is 0.314 e. The molecular weight excluding hydrogens is 395 g/mol. The second-order valence-corrected chi connectivity index (χ2v) is 6.21. The molecule has 0 radical (unpaired) electrons. The molecule has 134 valence electrons. The summed E-state index contributed by atoms with van der Waals surface area (Å²) in [5.41, 5.74) is 1.64. The number of ether oxygens (including phenoxy) is 1. The Hall–Kier alpha value is -2.26. The van der Waals surface area contributed by atoms with Gasteiger partial charge in [-0.25, -0.2) is 4.39 Å². The van der Waals surface area contributed by atoms with Crippen LogP contribution in [0.25, 0.3) is 0 Å². The lowest BCUT2D eigenvalue weighted by atomic mass is 10.3. The van der Waals surface area contributed by atoms with Crippen LogP contribution in [0.15, 0.2) is 22.7 Å². The van der Waals surface area contributed by atoms with E-state index in [-0.39, 0.29) is 5.69 Å². The number of aromatic nitrogens is 2. The summed E-state index contributed by atoms with van der Waals surface area (Å²) in [6.45, 7) is 4.49. The maximum absolute atomic E-state index is 13.7. The number of carbonyl (C=O) groups is 2. The topological polar surface area (TPSA) is 85.2 Å². The first-order valence-electron chi connectivity index (χ1n) is 7.43. The first kappa shape index (κ1) is 19.1. The normalized spacial score (nSPS) is 10.6. The van der Waals surface area contributed by atoms with Crippen molar-refractivity contribution in [1.29, 1.82) is 0 Å². The Balaban J connectivity index is 2.10. The Morgan fingerprint density at radius 2 is 1.96 bits per heavy atom. The fourth-order valence-corrected chi connectivity index (χ4v) is 2.58. The number of hydrogen-bond acceptors (Lipinski definition) is 4. The molecule has 0 saturated heterocycles. The Labute approximate surface area is 152 Å². The Morgan fingerprint density at radius 1 is 1.28 bits per heavy atom. The van der Waals surface area contributed by atoms with Gasteiger partial charge in [0, 0.05) is 11.6 Å². The van der Waals surface area contributed by atoms with Crippen molar-refractivity contribution >= 4 is 39.1 Å². The van der Waals surface area contributed by atoms with E-state index in [0.717, 1.165) is 0 Å². The van der Waals surface area contributed by atoms with Crippen molar-refractivity contribution in [3.8, 4) is 0 Å². The van der Waals surface area contributed by atoms with Crippen molar-refractivity contribution in [3.63, 3.8) is 0 Å². The van der Waals surface area contributed by atoms with Crippen molar-refractivity contribution in [1.82, 2.24) is 9.78 Å². The molecule has 0 fully saturated rings. The zero-order valence-electron chi connectivity index (χ0n) is 14.0. The Bertz CT molecular complexity index is 807. The lowest BCUT2D eigenvalue weighted by molar-refractivity contribution is -0.133. The first-order chi connectivity index (χ1) is 11.8. The van der Waals surface area contributed by atoms with E-state index in [9.17, 15) is 14.0 Å². The number of amides is 2. The lowest BCUT2D eigenvalue weighted by Crippen LogP contribution is -2.29. The average molecular weight is 413 g/mol. The van der Waals surface area contributed by atoms with Gasteiger partial charge in [-0.15, -0.1) is 0 Å². The lowest BCUT2D eigenvalue weighted by Gasteiger charge is -2.08. The molecule has 0 aliphatic rings. The molecule has 0 aliphatic heterocycles. The number of anilines is 2. The van der Waals surface area contributed by atoms with Gasteiger partial charge in [-0.3, -0.25) is 14.3 Å². The quantitative estimate of drug-likeness (QED) is 0.739. The minimum atomic E-state index is -0.972. The summed E-state index contributed by atoms with van der Waals surface area (Å²) in [5, 5.41) is 9.06. The molecule has 1 aromatic carbocycles. The van der Waals surface area contributed by atoms with E-state index in [2.05, 4.69) is 31.7 Å². The van der Waals surface area contributed by atoms with Gasteiger partial charge in [0.15, 0.2) is 0 Å². The van der Waals surface area contributed by atoms with Crippen LogP contribution >= 0.6 is 15.9 Å². The summed E-state index contributed by atoms with van der Waals surface area (Å²) in [4.78, 5) is 24.2. The van der Waals surface area contributed by atoms with Gasteiger partial charge in [0.05, 0.1) is 35.9 Å². The van der Waals surface area contributed by atoms with Crippen molar-refractivity contribution in [3.05, 3.63) is 39.9 Å². The van der Waals surface area contributed by atoms with Gasteiger partial charge in [0.25, 0.3) is 0 Å². The number of nitrogens with one attached hydrogen (secondary N) is 2. The van der Waals surface area contributed by atoms with E-state index in [4.69, 9.17) is 4.74 Å². The zero-order chi connectivity index (χ0) is 18.6. The van der Waals surface area contributed by atoms with Crippen LogP contribution in [0.5, 0.6) is 0 Å². The third-order valence-electron chi connectivity index (χ3n) is 3.51. The van der Waals surface area contributed by atoms with Crippen LogP contribution in [0.3, 0.4) is 0 Å². The summed E-state index contributed by atoms with van der Waals surface area (Å²) in [7, 11) is 1.58. The molecule has 0 aliphatic carbocycles. The second-order valence-electron chi connectivity index (χ2n) is 5.29. The molecule has 1 aromatic heterocycles. The van der Waals surface area contributed by atoms with Gasteiger partial charge in [-0.1, -0.05) is 15.9 Å². The second kappa shape index (κ2) is 8.21. The van der Waals surface area contributed by atoms with Crippen LogP contribution in [-0.2, 0) is 20.9 Å². The van der Waals surface area contributed by atoms with Crippen molar-refractivity contribution < 1.29 is 18.7 Å². The summed E-state index contributed by atoms with van der Waals surface area (Å²) in [5.74, 6) is -2.51. The zero-order valence-corrected chi connectivity index (χ0v) is 15.6. The van der Waals surface area contributed by atoms with Crippen molar-refractivity contribution in [2.75, 3.05) is 24.4 Å². The standard InChI is InChI=1S/C16H18BrFN4O3/c1-9-14(10(2)22(21-9)6-7-25-3)20-16(24)15(23)19-13-8-11(17)4-5-12(13)18/h4-5,8H,6-7H2,1-3H3,(H,19,23)(H,20,24). The highest BCUT2D eigenvalue weighted by molar-refractivity contribution is 9.10. The molecule has 0 unspecified atom stereocenters. The number of methoxy groups -OCH3 is 1. The number of benzene rings is 1. The van der Waals surface area contributed by atoms with Crippen molar-refractivity contribution in [2.24, 2.45) is 0 Å². The highest BCUT2D eigenvalue weighted by Crippen LogP contribution is 2.21. The maximum atomic E-state index is 13.7. The van der Waals surface area contributed by atoms with Crippen LogP contribution in [0, 0.1) is 19.7 Å². The molecule has 0 saturated carbocycles. The van der Waals surface area contributed by atoms with Gasteiger partial charge < -0.3 is 15.4 Å². The predicted octanol–water partition coefficient (Wildman–Crippen LogP) is 2.63. The van der Waals surface area contributed by atoms with E-state index in [1.54, 1.807) is 25.6 Å². The minimum Gasteiger partial charge on any atom is -0.383 e. The summed E-state index contributed by atoms with van der Waals surface area (Å²) >= 11 is 3.18. The molecule has 2 N–H and O–H groups in total. The third kappa shape index (κ3) is 4.64. The Morgan fingerprint density at radius 3 is 2.64 bits per heavy atom. The van der Waals surface area contributed by atoms with Crippen LogP contribution in [0.1, 0.15) is 11.4 Å². The molecule has 0 atom stereocenters. The summed E-state index contributed by atoms with van der Waals surface area (Å²) in [6, 6.07) is 4.05. The molecule has 1 heterocycles. The van der Waals surface area contributed by atoms with Crippen LogP contribution in [0.2, 0.25) is 0 Å². The number of nitrogens with zero attached hydrogens (tertiary/aromatic N) is 2. The SMILES string of the molecule is COCCn1nc(C)c(NC(=O)C(=O)Nc2cc(Br)ccc2F)c1C. The van der Waals surface area contributed by atoms with Gasteiger partial charge in [0.2, 0.25) is 0 Å².